The van der Waals surface area contributed by atoms with Gasteiger partial charge < -0.3 is 24.8 Å². The molecule has 1 atom stereocenters. The van der Waals surface area contributed by atoms with Gasteiger partial charge in [-0.1, -0.05) is 30.3 Å². The fourth-order valence-electron chi connectivity index (χ4n) is 4.07. The molecule has 2 heterocycles. The number of nitrogens with one attached hydrogen (secondary N) is 2. The van der Waals surface area contributed by atoms with E-state index < -0.39 is 5.92 Å². The average Bonchev–Trinajstić information content (AvgIpc) is 3.36. The van der Waals surface area contributed by atoms with Crippen molar-refractivity contribution in [2.75, 3.05) is 31.6 Å². The van der Waals surface area contributed by atoms with E-state index in [9.17, 15) is 14.4 Å². The monoisotopic (exact) mass is 434 g/mol. The van der Waals surface area contributed by atoms with Crippen LogP contribution in [0.5, 0.6) is 5.75 Å². The third-order valence-electron chi connectivity index (χ3n) is 5.77. The molecule has 1 saturated heterocycles. The molecule has 2 N–H and O–H groups in total. The number of ether oxygens (including phenoxy) is 1. The molecule has 166 valence electrons. The lowest BCUT2D eigenvalue weighted by atomic mass is 10.1. The Morgan fingerprint density at radius 3 is 2.56 bits per heavy atom. The number of anilines is 1. The van der Waals surface area contributed by atoms with Gasteiger partial charge in [0.1, 0.15) is 11.4 Å². The van der Waals surface area contributed by atoms with E-state index in [0.29, 0.717) is 30.2 Å². The lowest BCUT2D eigenvalue weighted by Crippen LogP contribution is -2.38. The zero-order valence-corrected chi connectivity index (χ0v) is 18.1. The fourth-order valence-corrected chi connectivity index (χ4v) is 4.07. The topological polar surface area (TPSA) is 92.7 Å². The molecular formula is C24H26N4O4. The lowest BCUT2D eigenvalue weighted by Gasteiger charge is -2.19. The largest absolute Gasteiger partial charge is 0.495 e. The summed E-state index contributed by atoms with van der Waals surface area (Å²) in [5.74, 6) is -0.357. The minimum atomic E-state index is -0.443. The van der Waals surface area contributed by atoms with E-state index in [4.69, 9.17) is 4.74 Å². The van der Waals surface area contributed by atoms with Gasteiger partial charge in [-0.2, -0.15) is 0 Å². The van der Waals surface area contributed by atoms with Crippen molar-refractivity contribution >= 4 is 34.3 Å². The molecule has 0 spiro atoms. The van der Waals surface area contributed by atoms with E-state index in [1.54, 1.807) is 24.1 Å². The quantitative estimate of drug-likeness (QED) is 0.557. The number of para-hydroxylation sites is 3. The second-order valence-corrected chi connectivity index (χ2v) is 7.77. The summed E-state index contributed by atoms with van der Waals surface area (Å²) in [5.41, 5.74) is 2.21. The summed E-state index contributed by atoms with van der Waals surface area (Å²) in [6.45, 7) is 0.879. The second-order valence-electron chi connectivity index (χ2n) is 7.77. The highest BCUT2D eigenvalue weighted by Gasteiger charge is 2.36. The number of carbonyl (C=O) groups excluding carboxylic acids is 3. The van der Waals surface area contributed by atoms with Crippen LogP contribution >= 0.6 is 0 Å². The normalized spacial score (nSPS) is 15.8. The summed E-state index contributed by atoms with van der Waals surface area (Å²) in [7, 11) is 3.40. The molecule has 1 aromatic heterocycles. The van der Waals surface area contributed by atoms with E-state index in [1.165, 1.54) is 0 Å². The number of fused-ring (bicyclic) bond motifs is 1. The molecule has 0 bridgehead atoms. The first kappa shape index (κ1) is 21.4. The minimum absolute atomic E-state index is 0.112. The zero-order chi connectivity index (χ0) is 22.7. The van der Waals surface area contributed by atoms with E-state index in [2.05, 4.69) is 10.6 Å². The molecule has 8 heteroatoms. The maximum Gasteiger partial charge on any atom is 0.267 e. The molecule has 3 amide bonds. The first-order valence-electron chi connectivity index (χ1n) is 10.5. The van der Waals surface area contributed by atoms with Gasteiger partial charge in [0, 0.05) is 44.0 Å². The van der Waals surface area contributed by atoms with Crippen LogP contribution in [0.25, 0.3) is 10.9 Å². The Bertz CT molecular complexity index is 1170. The molecule has 0 radical (unpaired) electrons. The van der Waals surface area contributed by atoms with Crippen LogP contribution < -0.4 is 20.3 Å². The van der Waals surface area contributed by atoms with Crippen molar-refractivity contribution in [3.05, 3.63) is 60.3 Å². The minimum Gasteiger partial charge on any atom is -0.495 e. The molecule has 1 aliphatic rings. The number of nitrogens with zero attached hydrogens (tertiary/aromatic N) is 2. The van der Waals surface area contributed by atoms with Gasteiger partial charge in [-0.25, -0.2) is 0 Å². The molecule has 3 aromatic rings. The van der Waals surface area contributed by atoms with E-state index in [0.717, 1.165) is 10.9 Å². The van der Waals surface area contributed by atoms with Gasteiger partial charge in [-0.05, 0) is 24.3 Å². The zero-order valence-electron chi connectivity index (χ0n) is 18.1. The Labute approximate surface area is 186 Å². The molecular weight excluding hydrogens is 408 g/mol. The van der Waals surface area contributed by atoms with Crippen LogP contribution in [0.4, 0.5) is 5.69 Å². The molecule has 0 aliphatic carbocycles. The van der Waals surface area contributed by atoms with Crippen molar-refractivity contribution in [1.29, 1.82) is 0 Å². The number of aromatic nitrogens is 1. The van der Waals surface area contributed by atoms with Crippen LogP contribution in [-0.4, -0.2) is 49.0 Å². The SMILES string of the molecule is COc1ccccc1N1C[C@H](C(=O)NCCNC(=O)c2cc3ccccc3n2C)CC1=O. The van der Waals surface area contributed by atoms with Crippen molar-refractivity contribution in [3.8, 4) is 5.75 Å². The second kappa shape index (κ2) is 9.13. The Balaban J connectivity index is 1.28. The van der Waals surface area contributed by atoms with Crippen LogP contribution in [0.15, 0.2) is 54.6 Å². The predicted molar refractivity (Wildman–Crippen MR) is 122 cm³/mol. The van der Waals surface area contributed by atoms with E-state index in [-0.39, 0.29) is 30.7 Å². The van der Waals surface area contributed by atoms with Crippen LogP contribution in [0.3, 0.4) is 0 Å². The highest BCUT2D eigenvalue weighted by molar-refractivity contribution is 6.01. The number of benzene rings is 2. The third-order valence-corrected chi connectivity index (χ3v) is 5.77. The number of aryl methyl sites for hydroxylation is 1. The average molecular weight is 434 g/mol. The van der Waals surface area contributed by atoms with Crippen molar-refractivity contribution in [2.45, 2.75) is 6.42 Å². The highest BCUT2D eigenvalue weighted by Crippen LogP contribution is 2.32. The van der Waals surface area contributed by atoms with Gasteiger partial charge in [0.25, 0.3) is 5.91 Å². The highest BCUT2D eigenvalue weighted by atomic mass is 16.5. The fraction of sp³-hybridized carbons (Fsp3) is 0.292. The van der Waals surface area contributed by atoms with Crippen LogP contribution in [0.1, 0.15) is 16.9 Å². The number of carbonyl (C=O) groups is 3. The number of methoxy groups -OCH3 is 1. The summed E-state index contributed by atoms with van der Waals surface area (Å²) < 4.78 is 7.18. The summed E-state index contributed by atoms with van der Waals surface area (Å²) >= 11 is 0. The Kier molecular flexibility index (Phi) is 6.11. The predicted octanol–water partition coefficient (Wildman–Crippen LogP) is 2.09. The van der Waals surface area contributed by atoms with E-state index >= 15 is 0 Å². The molecule has 0 saturated carbocycles. The maximum atomic E-state index is 12.6. The number of rotatable bonds is 7. The Morgan fingerprint density at radius 2 is 1.78 bits per heavy atom. The van der Waals surface area contributed by atoms with E-state index in [1.807, 2.05) is 54.1 Å². The Hall–Kier alpha value is -3.81. The van der Waals surface area contributed by atoms with Crippen molar-refractivity contribution in [1.82, 2.24) is 15.2 Å². The number of hydrogen-bond donors (Lipinski definition) is 2. The first-order valence-corrected chi connectivity index (χ1v) is 10.5. The molecule has 2 aromatic carbocycles. The number of amides is 3. The molecule has 0 unspecified atom stereocenters. The molecule has 1 fully saturated rings. The molecule has 4 rings (SSSR count). The smallest absolute Gasteiger partial charge is 0.267 e. The Morgan fingerprint density at radius 1 is 1.06 bits per heavy atom. The van der Waals surface area contributed by atoms with Gasteiger partial charge in [-0.15, -0.1) is 0 Å². The molecule has 32 heavy (non-hydrogen) atoms. The van der Waals surface area contributed by atoms with Crippen LogP contribution in [-0.2, 0) is 16.6 Å². The van der Waals surface area contributed by atoms with Crippen molar-refractivity contribution in [2.24, 2.45) is 13.0 Å². The van der Waals surface area contributed by atoms with Gasteiger partial charge in [-0.3, -0.25) is 14.4 Å². The van der Waals surface area contributed by atoms with Crippen LogP contribution in [0.2, 0.25) is 0 Å². The molecule has 8 nitrogen and oxygen atoms in total. The maximum absolute atomic E-state index is 12.6. The summed E-state index contributed by atoms with van der Waals surface area (Å²) in [4.78, 5) is 39.2. The summed E-state index contributed by atoms with van der Waals surface area (Å²) in [5, 5.41) is 6.66. The molecule has 1 aliphatic heterocycles. The van der Waals surface area contributed by atoms with Gasteiger partial charge in [0.15, 0.2) is 0 Å². The summed E-state index contributed by atoms with van der Waals surface area (Å²) in [6, 6.07) is 16.9. The number of hydrogen-bond acceptors (Lipinski definition) is 4. The van der Waals surface area contributed by atoms with Gasteiger partial charge in [0.05, 0.1) is 18.7 Å². The first-order chi connectivity index (χ1) is 15.5. The van der Waals surface area contributed by atoms with Gasteiger partial charge in [0.2, 0.25) is 11.8 Å². The standard InChI is InChI=1S/C24H26N4O4/c1-27-18-8-4-3-7-16(18)13-20(27)24(31)26-12-11-25-23(30)17-14-22(29)28(15-17)19-9-5-6-10-21(19)32-2/h3-10,13,17H,11-12,14-15H2,1-2H3,(H,25,30)(H,26,31)/t17-/m1/s1. The lowest BCUT2D eigenvalue weighted by molar-refractivity contribution is -0.126. The third kappa shape index (κ3) is 4.16. The van der Waals surface area contributed by atoms with Crippen LogP contribution in [0, 0.1) is 5.92 Å². The summed E-state index contributed by atoms with van der Waals surface area (Å²) in [6.07, 6.45) is 0.145. The van der Waals surface area contributed by atoms with Gasteiger partial charge >= 0.3 is 0 Å². The van der Waals surface area contributed by atoms with Crippen molar-refractivity contribution in [3.63, 3.8) is 0 Å². The van der Waals surface area contributed by atoms with Crippen molar-refractivity contribution < 1.29 is 19.1 Å².